The van der Waals surface area contributed by atoms with Crippen molar-refractivity contribution in [3.05, 3.63) is 59.1 Å². The number of aromatic nitrogens is 1. The van der Waals surface area contributed by atoms with Crippen LogP contribution in [0.5, 0.6) is 0 Å². The fourth-order valence-electron chi connectivity index (χ4n) is 3.05. The van der Waals surface area contributed by atoms with E-state index in [0.29, 0.717) is 0 Å². The van der Waals surface area contributed by atoms with Crippen molar-refractivity contribution in [3.63, 3.8) is 0 Å². The lowest BCUT2D eigenvalue weighted by Gasteiger charge is -2.35. The van der Waals surface area contributed by atoms with Gasteiger partial charge in [-0.3, -0.25) is 14.6 Å². The van der Waals surface area contributed by atoms with Crippen molar-refractivity contribution in [2.24, 2.45) is 0 Å². The zero-order valence-corrected chi connectivity index (χ0v) is 17.7. The van der Waals surface area contributed by atoms with E-state index >= 15 is 0 Å². The number of carbonyl (C=O) groups is 2. The molecule has 11 heteroatoms. The second-order valence-corrected chi connectivity index (χ2v) is 9.20. The van der Waals surface area contributed by atoms with Crippen molar-refractivity contribution in [2.75, 3.05) is 39.8 Å². The molecule has 3 rings (SSSR count). The molecule has 1 aliphatic heterocycles. The van der Waals surface area contributed by atoms with Gasteiger partial charge in [-0.05, 0) is 30.3 Å². The summed E-state index contributed by atoms with van der Waals surface area (Å²) in [5, 5.41) is 0.0285. The summed E-state index contributed by atoms with van der Waals surface area (Å²) in [4.78, 5) is 32.0. The maximum absolute atomic E-state index is 13.2. The largest absolute Gasteiger partial charge is 0.338 e. The molecule has 2 amide bonds. The molecule has 0 spiro atoms. The van der Waals surface area contributed by atoms with Crippen LogP contribution in [0.25, 0.3) is 0 Å². The van der Waals surface area contributed by atoms with Gasteiger partial charge in [0.05, 0.1) is 17.1 Å². The van der Waals surface area contributed by atoms with Gasteiger partial charge in [0.2, 0.25) is 15.9 Å². The van der Waals surface area contributed by atoms with E-state index in [1.807, 2.05) is 0 Å². The molecule has 0 bridgehead atoms. The lowest BCUT2D eigenvalue weighted by molar-refractivity contribution is -0.132. The van der Waals surface area contributed by atoms with Gasteiger partial charge in [0.15, 0.2) is 0 Å². The molecule has 8 nitrogen and oxygen atoms in total. The highest BCUT2D eigenvalue weighted by Crippen LogP contribution is 2.20. The molecule has 30 heavy (non-hydrogen) atoms. The molecule has 1 aliphatic rings. The second-order valence-electron chi connectivity index (χ2n) is 6.75. The molecule has 0 saturated carbocycles. The van der Waals surface area contributed by atoms with Gasteiger partial charge in [-0.15, -0.1) is 0 Å². The SMILES string of the molecule is CN(CC(=O)N1CCN(C(=O)c2ccc(F)cc2Cl)CC1)S(=O)(=O)c1cccnc1. The summed E-state index contributed by atoms with van der Waals surface area (Å²) < 4.78 is 39.2. The van der Waals surface area contributed by atoms with Crippen molar-refractivity contribution in [1.29, 1.82) is 0 Å². The first-order chi connectivity index (χ1) is 14.2. The van der Waals surface area contributed by atoms with E-state index in [1.54, 1.807) is 0 Å². The average molecular weight is 455 g/mol. The third-order valence-electron chi connectivity index (χ3n) is 4.78. The van der Waals surface area contributed by atoms with Crippen LogP contribution in [-0.2, 0) is 14.8 Å². The Labute approximate surface area is 178 Å². The van der Waals surface area contributed by atoms with Gasteiger partial charge in [0.1, 0.15) is 10.7 Å². The number of hydrogen-bond donors (Lipinski definition) is 0. The van der Waals surface area contributed by atoms with Crippen LogP contribution in [0.4, 0.5) is 4.39 Å². The number of sulfonamides is 1. The Morgan fingerprint density at radius 1 is 1.17 bits per heavy atom. The van der Waals surface area contributed by atoms with Gasteiger partial charge >= 0.3 is 0 Å². The predicted molar refractivity (Wildman–Crippen MR) is 108 cm³/mol. The first kappa shape index (κ1) is 22.1. The molecule has 0 aliphatic carbocycles. The van der Waals surface area contributed by atoms with Gasteiger partial charge in [-0.2, -0.15) is 4.31 Å². The van der Waals surface area contributed by atoms with E-state index < -0.39 is 15.8 Å². The van der Waals surface area contributed by atoms with E-state index in [2.05, 4.69) is 4.98 Å². The molecule has 2 heterocycles. The summed E-state index contributed by atoms with van der Waals surface area (Å²) >= 11 is 5.95. The number of amides is 2. The minimum atomic E-state index is -3.83. The molecule has 2 aromatic rings. The monoisotopic (exact) mass is 454 g/mol. The lowest BCUT2D eigenvalue weighted by Crippen LogP contribution is -2.52. The number of halogens is 2. The van der Waals surface area contributed by atoms with Crippen LogP contribution in [0.3, 0.4) is 0 Å². The molecular weight excluding hydrogens is 435 g/mol. The van der Waals surface area contributed by atoms with Gasteiger partial charge < -0.3 is 9.80 Å². The summed E-state index contributed by atoms with van der Waals surface area (Å²) in [6.07, 6.45) is 2.69. The number of benzene rings is 1. The van der Waals surface area contributed by atoms with Crippen molar-refractivity contribution in [1.82, 2.24) is 19.1 Å². The Kier molecular flexibility index (Phi) is 6.69. The molecule has 160 valence electrons. The van der Waals surface area contributed by atoms with E-state index in [9.17, 15) is 22.4 Å². The number of rotatable bonds is 5. The molecule has 0 N–H and O–H groups in total. The highest BCUT2D eigenvalue weighted by Gasteiger charge is 2.29. The van der Waals surface area contributed by atoms with Crippen LogP contribution in [0.15, 0.2) is 47.6 Å². The number of carbonyl (C=O) groups excluding carboxylic acids is 2. The number of likely N-dealkylation sites (N-methyl/N-ethyl adjacent to an activating group) is 1. The average Bonchev–Trinajstić information content (AvgIpc) is 2.74. The van der Waals surface area contributed by atoms with E-state index in [1.165, 1.54) is 47.4 Å². The number of piperazine rings is 1. The van der Waals surface area contributed by atoms with E-state index in [0.717, 1.165) is 16.4 Å². The summed E-state index contributed by atoms with van der Waals surface area (Å²) in [6.45, 7) is 0.706. The van der Waals surface area contributed by atoms with Crippen molar-refractivity contribution >= 4 is 33.4 Å². The molecule has 0 radical (unpaired) electrons. The van der Waals surface area contributed by atoms with E-state index in [4.69, 9.17) is 11.6 Å². The number of pyridine rings is 1. The lowest BCUT2D eigenvalue weighted by atomic mass is 10.1. The standard InChI is InChI=1S/C19H20ClFN4O4S/c1-23(30(28,29)15-3-2-6-22-12-15)13-18(26)24-7-9-25(10-8-24)19(27)16-5-4-14(21)11-17(16)20/h2-6,11-12H,7-10,13H2,1H3. The molecule has 0 unspecified atom stereocenters. The van der Waals surface area contributed by atoms with Crippen LogP contribution >= 0.6 is 11.6 Å². The Bertz CT molecular complexity index is 1040. The van der Waals surface area contributed by atoms with Crippen LogP contribution in [0.2, 0.25) is 5.02 Å². The summed E-state index contributed by atoms with van der Waals surface area (Å²) in [5.74, 6) is -1.24. The van der Waals surface area contributed by atoms with Crippen LogP contribution < -0.4 is 0 Å². The minimum Gasteiger partial charge on any atom is -0.338 e. The first-order valence-corrected chi connectivity index (χ1v) is 10.9. The van der Waals surface area contributed by atoms with Gasteiger partial charge in [0.25, 0.3) is 5.91 Å². The number of hydrogen-bond acceptors (Lipinski definition) is 5. The Morgan fingerprint density at radius 3 is 2.43 bits per heavy atom. The topological polar surface area (TPSA) is 90.9 Å². The van der Waals surface area contributed by atoms with Gasteiger partial charge in [-0.25, -0.2) is 12.8 Å². The van der Waals surface area contributed by atoms with Crippen molar-refractivity contribution in [2.45, 2.75) is 4.90 Å². The highest BCUT2D eigenvalue weighted by molar-refractivity contribution is 7.89. The van der Waals surface area contributed by atoms with E-state index in [-0.39, 0.29) is 60.0 Å². The third-order valence-corrected chi connectivity index (χ3v) is 6.88. The summed E-state index contributed by atoms with van der Waals surface area (Å²) in [5.41, 5.74) is 0.195. The maximum atomic E-state index is 13.2. The minimum absolute atomic E-state index is 0.00638. The molecule has 1 aromatic carbocycles. The molecule has 1 fully saturated rings. The smallest absolute Gasteiger partial charge is 0.255 e. The second kappa shape index (κ2) is 9.07. The third kappa shape index (κ3) is 4.77. The molecule has 0 atom stereocenters. The maximum Gasteiger partial charge on any atom is 0.255 e. The fraction of sp³-hybridized carbons (Fsp3) is 0.316. The molecule has 1 saturated heterocycles. The van der Waals surface area contributed by atoms with Gasteiger partial charge in [-0.1, -0.05) is 11.6 Å². The quantitative estimate of drug-likeness (QED) is 0.682. The van der Waals surface area contributed by atoms with Crippen LogP contribution in [-0.4, -0.2) is 79.1 Å². The highest BCUT2D eigenvalue weighted by atomic mass is 35.5. The first-order valence-electron chi connectivity index (χ1n) is 9.08. The van der Waals surface area contributed by atoms with Gasteiger partial charge in [0, 0.05) is 45.6 Å². The molecular formula is C19H20ClFN4O4S. The molecule has 1 aromatic heterocycles. The Morgan fingerprint density at radius 2 is 1.83 bits per heavy atom. The summed E-state index contributed by atoms with van der Waals surface area (Å²) in [7, 11) is -2.50. The Hall–Kier alpha value is -2.56. The normalized spacial score (nSPS) is 14.8. The van der Waals surface area contributed by atoms with Crippen molar-refractivity contribution < 1.29 is 22.4 Å². The zero-order valence-electron chi connectivity index (χ0n) is 16.2. The number of nitrogens with zero attached hydrogens (tertiary/aromatic N) is 4. The summed E-state index contributed by atoms with van der Waals surface area (Å²) in [6, 6.07) is 6.49. The predicted octanol–water partition coefficient (Wildman–Crippen LogP) is 1.48. The van der Waals surface area contributed by atoms with Crippen LogP contribution in [0, 0.1) is 5.82 Å². The van der Waals surface area contributed by atoms with Crippen molar-refractivity contribution in [3.8, 4) is 0 Å². The fourth-order valence-corrected chi connectivity index (χ4v) is 4.38. The Balaban J connectivity index is 1.58. The van der Waals surface area contributed by atoms with Crippen LogP contribution in [0.1, 0.15) is 10.4 Å². The zero-order chi connectivity index (χ0) is 21.9.